The fraction of sp³-hybridized carbons (Fsp3) is 0.0714. The smallest absolute Gasteiger partial charge is 0.137 e. The summed E-state index contributed by atoms with van der Waals surface area (Å²) in [6, 6.07) is 11.9. The molecule has 84 valence electrons. The van der Waals surface area contributed by atoms with Crippen molar-refractivity contribution in [2.75, 3.05) is 5.73 Å². The quantitative estimate of drug-likeness (QED) is 0.644. The molecule has 3 rings (SSSR count). The molecular formula is C14H13N3. The average Bonchev–Trinajstić information content (AvgIpc) is 2.72. The summed E-state index contributed by atoms with van der Waals surface area (Å²) in [7, 11) is 0. The van der Waals surface area contributed by atoms with E-state index in [9.17, 15) is 0 Å². The van der Waals surface area contributed by atoms with Gasteiger partial charge in [-0.15, -0.1) is 0 Å². The van der Waals surface area contributed by atoms with E-state index >= 15 is 0 Å². The topological polar surface area (TPSA) is 43.3 Å². The highest BCUT2D eigenvalue weighted by Crippen LogP contribution is 2.24. The zero-order chi connectivity index (χ0) is 11.8. The van der Waals surface area contributed by atoms with Crippen molar-refractivity contribution in [3.63, 3.8) is 0 Å². The van der Waals surface area contributed by atoms with Crippen LogP contribution in [0.25, 0.3) is 16.9 Å². The predicted octanol–water partition coefficient (Wildman–Crippen LogP) is 2.89. The molecule has 17 heavy (non-hydrogen) atoms. The van der Waals surface area contributed by atoms with Crippen LogP contribution in [-0.4, -0.2) is 9.38 Å². The van der Waals surface area contributed by atoms with Gasteiger partial charge in [0.15, 0.2) is 0 Å². The van der Waals surface area contributed by atoms with Gasteiger partial charge in [0.05, 0.1) is 5.69 Å². The highest BCUT2D eigenvalue weighted by molar-refractivity contribution is 5.74. The predicted molar refractivity (Wildman–Crippen MR) is 69.8 cm³/mol. The number of rotatable bonds is 1. The second-order valence-corrected chi connectivity index (χ2v) is 4.19. The molecular weight excluding hydrogens is 210 g/mol. The molecule has 2 aromatic heterocycles. The van der Waals surface area contributed by atoms with Gasteiger partial charge in [0, 0.05) is 23.6 Å². The number of aryl methyl sites for hydroxylation is 1. The van der Waals surface area contributed by atoms with Crippen molar-refractivity contribution in [3.05, 3.63) is 54.4 Å². The third-order valence-electron chi connectivity index (χ3n) is 2.84. The summed E-state index contributed by atoms with van der Waals surface area (Å²) in [6.45, 7) is 2.07. The lowest BCUT2D eigenvalue weighted by Gasteiger charge is -1.99. The molecule has 0 bridgehead atoms. The monoisotopic (exact) mass is 223 g/mol. The lowest BCUT2D eigenvalue weighted by Crippen LogP contribution is -1.88. The minimum absolute atomic E-state index is 0.757. The molecule has 3 nitrogen and oxygen atoms in total. The fourth-order valence-electron chi connectivity index (χ4n) is 1.96. The maximum absolute atomic E-state index is 5.96. The van der Waals surface area contributed by atoms with Crippen molar-refractivity contribution in [1.82, 2.24) is 9.38 Å². The summed E-state index contributed by atoms with van der Waals surface area (Å²) in [5.41, 5.74) is 10.8. The van der Waals surface area contributed by atoms with Crippen LogP contribution in [0, 0.1) is 6.92 Å². The van der Waals surface area contributed by atoms with Gasteiger partial charge < -0.3 is 10.1 Å². The van der Waals surface area contributed by atoms with Gasteiger partial charge in [-0.25, -0.2) is 4.98 Å². The van der Waals surface area contributed by atoms with Gasteiger partial charge in [0.25, 0.3) is 0 Å². The molecule has 3 heteroatoms. The highest BCUT2D eigenvalue weighted by atomic mass is 15.0. The number of nitrogens with two attached hydrogens (primary N) is 1. The molecule has 1 aromatic carbocycles. The number of nitrogen functional groups attached to an aromatic ring is 1. The number of hydrogen-bond donors (Lipinski definition) is 1. The van der Waals surface area contributed by atoms with Gasteiger partial charge in [-0.1, -0.05) is 24.3 Å². The third kappa shape index (κ3) is 1.65. The molecule has 0 saturated heterocycles. The Labute approximate surface area is 99.5 Å². The number of nitrogens with zero attached hydrogens (tertiary/aromatic N) is 2. The fourth-order valence-corrected chi connectivity index (χ4v) is 1.96. The third-order valence-corrected chi connectivity index (χ3v) is 2.84. The number of anilines is 1. The van der Waals surface area contributed by atoms with E-state index < -0.39 is 0 Å². The molecule has 0 aliphatic heterocycles. The summed E-state index contributed by atoms with van der Waals surface area (Å²) >= 11 is 0. The van der Waals surface area contributed by atoms with Crippen LogP contribution in [0.1, 0.15) is 5.56 Å². The second-order valence-electron chi connectivity index (χ2n) is 4.19. The van der Waals surface area contributed by atoms with Gasteiger partial charge >= 0.3 is 0 Å². The number of benzene rings is 1. The molecule has 3 aromatic rings. The van der Waals surface area contributed by atoms with Crippen LogP contribution >= 0.6 is 0 Å². The van der Waals surface area contributed by atoms with Crippen LogP contribution in [0.3, 0.4) is 0 Å². The van der Waals surface area contributed by atoms with E-state index in [0.29, 0.717) is 0 Å². The summed E-state index contributed by atoms with van der Waals surface area (Å²) in [5, 5.41) is 0. The normalized spacial score (nSPS) is 10.9. The van der Waals surface area contributed by atoms with E-state index in [1.807, 2.05) is 40.9 Å². The molecule has 0 radical (unpaired) electrons. The minimum atomic E-state index is 0.757. The van der Waals surface area contributed by atoms with Crippen molar-refractivity contribution in [2.24, 2.45) is 0 Å². The molecule has 0 amide bonds. The van der Waals surface area contributed by atoms with Gasteiger partial charge in [-0.2, -0.15) is 0 Å². The van der Waals surface area contributed by atoms with E-state index in [1.54, 1.807) is 0 Å². The van der Waals surface area contributed by atoms with Crippen LogP contribution in [0.5, 0.6) is 0 Å². The molecule has 0 unspecified atom stereocenters. The van der Waals surface area contributed by atoms with Gasteiger partial charge in [-0.3, -0.25) is 0 Å². The molecule has 0 saturated carbocycles. The Morgan fingerprint density at radius 3 is 2.71 bits per heavy atom. The van der Waals surface area contributed by atoms with E-state index in [-0.39, 0.29) is 0 Å². The van der Waals surface area contributed by atoms with Crippen molar-refractivity contribution in [2.45, 2.75) is 6.92 Å². The van der Waals surface area contributed by atoms with Crippen LogP contribution in [0.4, 0.5) is 5.69 Å². The van der Waals surface area contributed by atoms with Gasteiger partial charge in [-0.05, 0) is 24.6 Å². The number of para-hydroxylation sites is 1. The van der Waals surface area contributed by atoms with Gasteiger partial charge in [0.1, 0.15) is 5.65 Å². The number of hydrogen-bond acceptors (Lipinski definition) is 2. The number of fused-ring (bicyclic) bond motifs is 1. The van der Waals surface area contributed by atoms with Crippen molar-refractivity contribution >= 4 is 11.3 Å². The van der Waals surface area contributed by atoms with Crippen molar-refractivity contribution in [1.29, 1.82) is 0 Å². The Bertz CT molecular complexity index is 683. The minimum Gasteiger partial charge on any atom is -0.398 e. The second kappa shape index (κ2) is 3.63. The lowest BCUT2D eigenvalue weighted by atomic mass is 10.1. The SMILES string of the molecule is Cc1ccc2nc(-c3ccccc3N)cn2c1. The summed E-state index contributed by atoms with van der Waals surface area (Å²) < 4.78 is 2.02. The number of imidazole rings is 1. The Balaban J connectivity index is 2.22. The van der Waals surface area contributed by atoms with Gasteiger partial charge in [0.2, 0.25) is 0 Å². The molecule has 0 fully saturated rings. The van der Waals surface area contributed by atoms with E-state index in [4.69, 9.17) is 5.73 Å². The van der Waals surface area contributed by atoms with Crippen molar-refractivity contribution in [3.8, 4) is 11.3 Å². The van der Waals surface area contributed by atoms with Crippen LogP contribution in [0.15, 0.2) is 48.8 Å². The van der Waals surface area contributed by atoms with Crippen molar-refractivity contribution < 1.29 is 0 Å². The molecule has 0 aliphatic rings. The van der Waals surface area contributed by atoms with Crippen LogP contribution in [-0.2, 0) is 0 Å². The maximum atomic E-state index is 5.96. The Morgan fingerprint density at radius 2 is 1.88 bits per heavy atom. The maximum Gasteiger partial charge on any atom is 0.137 e. The number of aromatic nitrogens is 2. The molecule has 0 aliphatic carbocycles. The molecule has 0 spiro atoms. The summed E-state index contributed by atoms with van der Waals surface area (Å²) in [6.07, 6.45) is 4.07. The van der Waals surface area contributed by atoms with E-state index in [1.165, 1.54) is 5.56 Å². The standard InChI is InChI=1S/C14H13N3/c1-10-6-7-14-16-13(9-17(14)8-10)11-4-2-3-5-12(11)15/h2-9H,15H2,1H3. The largest absolute Gasteiger partial charge is 0.398 e. The zero-order valence-electron chi connectivity index (χ0n) is 9.59. The molecule has 2 N–H and O–H groups in total. The zero-order valence-corrected chi connectivity index (χ0v) is 9.59. The highest BCUT2D eigenvalue weighted by Gasteiger charge is 2.06. The molecule has 0 atom stereocenters. The Morgan fingerprint density at radius 1 is 1.06 bits per heavy atom. The Hall–Kier alpha value is -2.29. The van der Waals surface area contributed by atoms with Crippen LogP contribution < -0.4 is 5.73 Å². The number of pyridine rings is 1. The Kier molecular flexibility index (Phi) is 2.11. The lowest BCUT2D eigenvalue weighted by molar-refractivity contribution is 1.16. The first-order valence-corrected chi connectivity index (χ1v) is 5.54. The van der Waals surface area contributed by atoms with E-state index in [0.717, 1.165) is 22.6 Å². The first-order valence-electron chi connectivity index (χ1n) is 5.54. The summed E-state index contributed by atoms with van der Waals surface area (Å²) in [4.78, 5) is 4.57. The first kappa shape index (κ1) is 9.90. The summed E-state index contributed by atoms with van der Waals surface area (Å²) in [5.74, 6) is 0. The van der Waals surface area contributed by atoms with Crippen LogP contribution in [0.2, 0.25) is 0 Å². The average molecular weight is 223 g/mol. The van der Waals surface area contributed by atoms with E-state index in [2.05, 4.69) is 24.2 Å². The molecule has 2 heterocycles. The first-order chi connectivity index (χ1) is 8.24.